The average Bonchev–Trinajstić information content (AvgIpc) is 2.68. The van der Waals surface area contributed by atoms with Crippen molar-refractivity contribution in [2.24, 2.45) is 10.8 Å². The molecule has 0 aromatic heterocycles. The predicted molar refractivity (Wildman–Crippen MR) is 90.5 cm³/mol. The Labute approximate surface area is 146 Å². The fourth-order valence-corrected chi connectivity index (χ4v) is 4.00. The molecular weight excluding hydrogens is 308 g/mol. The second-order valence-corrected chi connectivity index (χ2v) is 6.26. The summed E-state index contributed by atoms with van der Waals surface area (Å²) >= 11 is 0. The molecule has 0 saturated heterocycles. The molecule has 4 nitrogen and oxygen atoms in total. The first-order chi connectivity index (χ1) is 12.1. The van der Waals surface area contributed by atoms with Crippen molar-refractivity contribution in [2.45, 2.75) is 18.8 Å². The molecule has 3 rings (SSSR count). The molecule has 118 valence electrons. The lowest BCUT2D eigenvalue weighted by molar-refractivity contribution is 0.207. The van der Waals surface area contributed by atoms with Gasteiger partial charge in [-0.15, -0.1) is 0 Å². The van der Waals surface area contributed by atoms with Gasteiger partial charge in [0.25, 0.3) is 0 Å². The number of nitrogens with zero attached hydrogens (tertiary/aromatic N) is 4. The van der Waals surface area contributed by atoms with Gasteiger partial charge in [-0.1, -0.05) is 61.5 Å². The molecular formula is C21H14N4. The Kier molecular flexibility index (Phi) is 3.77. The van der Waals surface area contributed by atoms with E-state index in [2.05, 4.69) is 12.1 Å². The van der Waals surface area contributed by atoms with Gasteiger partial charge in [-0.05, 0) is 16.7 Å². The molecule has 4 heteroatoms. The lowest BCUT2D eigenvalue weighted by Gasteiger charge is -2.46. The van der Waals surface area contributed by atoms with Crippen LogP contribution in [0.2, 0.25) is 0 Å². The second-order valence-electron chi connectivity index (χ2n) is 6.26. The van der Waals surface area contributed by atoms with E-state index in [9.17, 15) is 21.0 Å². The predicted octanol–water partition coefficient (Wildman–Crippen LogP) is 4.00. The van der Waals surface area contributed by atoms with E-state index >= 15 is 0 Å². The van der Waals surface area contributed by atoms with Gasteiger partial charge in [0, 0.05) is 11.8 Å². The standard InChI is InChI=1S/C21H14N4/c1-15-17-9-5-6-10-18(17)19(16-7-3-2-4-8-16)21(13-24,14-25)20(15,11-22)12-23/h2-10,15,19H,1H3. The molecule has 2 atom stereocenters. The lowest BCUT2D eigenvalue weighted by Crippen LogP contribution is -2.50. The van der Waals surface area contributed by atoms with Crippen LogP contribution < -0.4 is 0 Å². The summed E-state index contributed by atoms with van der Waals surface area (Å²) in [4.78, 5) is 0. The zero-order chi connectivity index (χ0) is 18.1. The van der Waals surface area contributed by atoms with E-state index in [0.717, 1.165) is 16.7 Å². The SMILES string of the molecule is CC1c2ccccc2C(c2ccccc2)C(C#N)(C#N)C1(C#N)C#N. The maximum absolute atomic E-state index is 10.0. The molecule has 0 fully saturated rings. The summed E-state index contributed by atoms with van der Waals surface area (Å²) in [7, 11) is 0. The molecule has 0 spiro atoms. The van der Waals surface area contributed by atoms with Crippen molar-refractivity contribution in [3.8, 4) is 24.3 Å². The minimum Gasteiger partial charge on any atom is -0.196 e. The number of hydrogen-bond acceptors (Lipinski definition) is 4. The van der Waals surface area contributed by atoms with Crippen LogP contribution >= 0.6 is 0 Å². The smallest absolute Gasteiger partial charge is 0.186 e. The molecule has 0 heterocycles. The lowest BCUT2D eigenvalue weighted by atomic mass is 9.47. The van der Waals surface area contributed by atoms with Crippen LogP contribution in [0, 0.1) is 56.2 Å². The fraction of sp³-hybridized carbons (Fsp3) is 0.238. The van der Waals surface area contributed by atoms with Crippen LogP contribution in [-0.2, 0) is 0 Å². The van der Waals surface area contributed by atoms with Crippen LogP contribution in [0.3, 0.4) is 0 Å². The highest BCUT2D eigenvalue weighted by atomic mass is 14.6. The monoisotopic (exact) mass is 322 g/mol. The van der Waals surface area contributed by atoms with Gasteiger partial charge in [0.05, 0.1) is 24.3 Å². The van der Waals surface area contributed by atoms with Crippen molar-refractivity contribution in [1.82, 2.24) is 0 Å². The van der Waals surface area contributed by atoms with E-state index in [0.29, 0.717) is 0 Å². The first-order valence-corrected chi connectivity index (χ1v) is 7.90. The van der Waals surface area contributed by atoms with E-state index in [1.165, 1.54) is 0 Å². The van der Waals surface area contributed by atoms with E-state index in [1.807, 2.05) is 66.7 Å². The van der Waals surface area contributed by atoms with Gasteiger partial charge < -0.3 is 0 Å². The topological polar surface area (TPSA) is 95.2 Å². The molecule has 0 amide bonds. The Balaban J connectivity index is 2.49. The molecule has 0 aliphatic heterocycles. The number of fused-ring (bicyclic) bond motifs is 1. The second kappa shape index (κ2) is 5.79. The molecule has 0 radical (unpaired) electrons. The molecule has 25 heavy (non-hydrogen) atoms. The van der Waals surface area contributed by atoms with Crippen LogP contribution in [0.15, 0.2) is 54.6 Å². The van der Waals surface area contributed by atoms with Gasteiger partial charge in [-0.25, -0.2) is 0 Å². The third kappa shape index (κ3) is 1.89. The zero-order valence-electron chi connectivity index (χ0n) is 13.6. The summed E-state index contributed by atoms with van der Waals surface area (Å²) < 4.78 is 0. The molecule has 1 aliphatic rings. The number of hydrogen-bond donors (Lipinski definition) is 0. The van der Waals surface area contributed by atoms with E-state index in [-0.39, 0.29) is 0 Å². The van der Waals surface area contributed by atoms with Crippen LogP contribution in [0.5, 0.6) is 0 Å². The summed E-state index contributed by atoms with van der Waals surface area (Å²) in [5.41, 5.74) is -1.15. The highest BCUT2D eigenvalue weighted by Gasteiger charge is 2.65. The quantitative estimate of drug-likeness (QED) is 0.792. The summed E-state index contributed by atoms with van der Waals surface area (Å²) in [6.45, 7) is 1.75. The molecule has 0 bridgehead atoms. The number of benzene rings is 2. The summed E-state index contributed by atoms with van der Waals surface area (Å²) in [5, 5.41) is 39.9. The van der Waals surface area contributed by atoms with Crippen LogP contribution in [0.25, 0.3) is 0 Å². The first-order valence-electron chi connectivity index (χ1n) is 7.90. The Hall–Kier alpha value is -3.60. The molecule has 2 aromatic carbocycles. The van der Waals surface area contributed by atoms with E-state index in [1.54, 1.807) is 6.92 Å². The van der Waals surface area contributed by atoms with Gasteiger partial charge in [0.1, 0.15) is 0 Å². The first kappa shape index (κ1) is 16.3. The van der Waals surface area contributed by atoms with Crippen LogP contribution in [-0.4, -0.2) is 0 Å². The maximum atomic E-state index is 10.0. The Morgan fingerprint density at radius 2 is 1.16 bits per heavy atom. The van der Waals surface area contributed by atoms with Gasteiger partial charge in [0.15, 0.2) is 10.8 Å². The normalized spacial score (nSPS) is 22.3. The van der Waals surface area contributed by atoms with Crippen LogP contribution in [0.1, 0.15) is 35.4 Å². The maximum Gasteiger partial charge on any atom is 0.186 e. The van der Waals surface area contributed by atoms with Crippen molar-refractivity contribution >= 4 is 0 Å². The highest BCUT2D eigenvalue weighted by molar-refractivity contribution is 5.56. The molecule has 0 N–H and O–H groups in total. The van der Waals surface area contributed by atoms with E-state index < -0.39 is 22.7 Å². The number of rotatable bonds is 1. The van der Waals surface area contributed by atoms with Crippen molar-refractivity contribution in [2.75, 3.05) is 0 Å². The minimum absolute atomic E-state index is 0.557. The van der Waals surface area contributed by atoms with Crippen molar-refractivity contribution in [3.05, 3.63) is 71.3 Å². The minimum atomic E-state index is -1.80. The third-order valence-corrected chi connectivity index (χ3v) is 5.32. The van der Waals surface area contributed by atoms with Gasteiger partial charge in [0.2, 0.25) is 0 Å². The molecule has 2 unspecified atom stereocenters. The van der Waals surface area contributed by atoms with Gasteiger partial charge >= 0.3 is 0 Å². The van der Waals surface area contributed by atoms with Crippen LogP contribution in [0.4, 0.5) is 0 Å². The van der Waals surface area contributed by atoms with Gasteiger partial charge in [-0.3, -0.25) is 0 Å². The summed E-state index contributed by atoms with van der Waals surface area (Å²) in [6.07, 6.45) is 0. The summed E-state index contributed by atoms with van der Waals surface area (Å²) in [6, 6.07) is 24.9. The van der Waals surface area contributed by atoms with Crippen molar-refractivity contribution in [3.63, 3.8) is 0 Å². The number of nitriles is 4. The summed E-state index contributed by atoms with van der Waals surface area (Å²) in [5.74, 6) is -1.23. The molecule has 0 saturated carbocycles. The fourth-order valence-electron chi connectivity index (χ4n) is 4.00. The molecule has 1 aliphatic carbocycles. The Morgan fingerprint density at radius 3 is 1.68 bits per heavy atom. The molecule has 2 aromatic rings. The third-order valence-electron chi connectivity index (χ3n) is 5.32. The highest BCUT2D eigenvalue weighted by Crippen LogP contribution is 2.62. The van der Waals surface area contributed by atoms with Crippen molar-refractivity contribution < 1.29 is 0 Å². The average molecular weight is 322 g/mol. The Morgan fingerprint density at radius 1 is 0.680 bits per heavy atom. The van der Waals surface area contributed by atoms with Gasteiger partial charge in [-0.2, -0.15) is 21.0 Å². The Bertz CT molecular complexity index is 952. The van der Waals surface area contributed by atoms with Crippen molar-refractivity contribution in [1.29, 1.82) is 21.0 Å². The van der Waals surface area contributed by atoms with E-state index in [4.69, 9.17) is 0 Å². The zero-order valence-corrected chi connectivity index (χ0v) is 13.6. The largest absolute Gasteiger partial charge is 0.196 e.